The maximum atomic E-state index is 13.5. The third-order valence-corrected chi connectivity index (χ3v) is 9.48. The number of carbonyl (C=O) groups excluding carboxylic acids is 3. The second-order valence-corrected chi connectivity index (χ2v) is 13.4. The predicted molar refractivity (Wildman–Crippen MR) is 183 cm³/mol. The highest BCUT2D eigenvalue weighted by Gasteiger charge is 2.34. The lowest BCUT2D eigenvalue weighted by Crippen LogP contribution is -2.49. The molecule has 0 bridgehead atoms. The third-order valence-electron chi connectivity index (χ3n) is 9.48. The Morgan fingerprint density at radius 1 is 0.646 bits per heavy atom. The molecule has 3 fully saturated rings. The SMILES string of the molecule is CCCCCCCC(=O)OCCN1CCOC(C(CCCCC2CN(CCOC(=O)CCC)CCO2)C(=O)OCCN2CCOCC2)C1. The first-order chi connectivity index (χ1) is 23.5. The summed E-state index contributed by atoms with van der Waals surface area (Å²) in [6.07, 6.45) is 10.5. The van der Waals surface area contributed by atoms with Crippen LogP contribution in [-0.2, 0) is 42.8 Å². The quantitative estimate of drug-likeness (QED) is 0.0840. The molecule has 12 nitrogen and oxygen atoms in total. The number of morpholine rings is 3. The van der Waals surface area contributed by atoms with E-state index in [9.17, 15) is 14.4 Å². The molecule has 0 aromatic rings. The molecule has 3 aliphatic heterocycles. The molecule has 3 atom stereocenters. The van der Waals surface area contributed by atoms with Gasteiger partial charge in [0.25, 0.3) is 0 Å². The molecular formula is C36H65N3O9. The zero-order valence-corrected chi connectivity index (χ0v) is 30.0. The summed E-state index contributed by atoms with van der Waals surface area (Å²) in [5.41, 5.74) is 0. The van der Waals surface area contributed by atoms with E-state index in [0.29, 0.717) is 85.1 Å². The number of esters is 3. The van der Waals surface area contributed by atoms with Crippen molar-refractivity contribution < 1.29 is 42.8 Å². The number of nitrogens with zero attached hydrogens (tertiary/aromatic N) is 3. The fourth-order valence-electron chi connectivity index (χ4n) is 6.53. The van der Waals surface area contributed by atoms with Gasteiger partial charge in [0.2, 0.25) is 0 Å². The summed E-state index contributed by atoms with van der Waals surface area (Å²) >= 11 is 0. The standard InChI is InChI=1S/C36H65N3O9/c1-3-5-6-7-8-14-35(41)47-27-21-39-19-25-45-33(30-39)32(36(42)48-28-17-37-15-22-43-23-16-37)13-10-9-12-31-29-38(18-24-44-31)20-26-46-34(40)11-4-2/h31-33H,3-30H2,1-2H3. The van der Waals surface area contributed by atoms with Crippen LogP contribution in [0.2, 0.25) is 0 Å². The van der Waals surface area contributed by atoms with Gasteiger partial charge in [0, 0.05) is 71.7 Å². The van der Waals surface area contributed by atoms with Crippen LogP contribution in [0.1, 0.15) is 90.9 Å². The average Bonchev–Trinajstić information content (AvgIpc) is 3.09. The number of carbonyl (C=O) groups is 3. The Balaban J connectivity index is 1.42. The van der Waals surface area contributed by atoms with Crippen LogP contribution >= 0.6 is 0 Å². The van der Waals surface area contributed by atoms with Crippen molar-refractivity contribution in [3.8, 4) is 0 Å². The molecule has 48 heavy (non-hydrogen) atoms. The minimum Gasteiger partial charge on any atom is -0.464 e. The number of hydrogen-bond donors (Lipinski definition) is 0. The topological polar surface area (TPSA) is 116 Å². The van der Waals surface area contributed by atoms with Crippen LogP contribution in [0.15, 0.2) is 0 Å². The minimum atomic E-state index is -0.357. The third kappa shape index (κ3) is 17.2. The van der Waals surface area contributed by atoms with Crippen LogP contribution in [-0.4, -0.2) is 150 Å². The molecule has 3 saturated heterocycles. The van der Waals surface area contributed by atoms with Gasteiger partial charge < -0.3 is 28.4 Å². The first-order valence-electron chi connectivity index (χ1n) is 18.9. The van der Waals surface area contributed by atoms with Gasteiger partial charge in [-0.1, -0.05) is 52.4 Å². The van der Waals surface area contributed by atoms with E-state index in [4.69, 9.17) is 28.4 Å². The monoisotopic (exact) mass is 683 g/mol. The van der Waals surface area contributed by atoms with Crippen LogP contribution in [0.3, 0.4) is 0 Å². The van der Waals surface area contributed by atoms with Crippen molar-refractivity contribution in [3.63, 3.8) is 0 Å². The molecule has 3 rings (SSSR count). The average molecular weight is 684 g/mol. The second kappa shape index (κ2) is 25.2. The van der Waals surface area contributed by atoms with Gasteiger partial charge in [0.15, 0.2) is 0 Å². The molecule has 12 heteroatoms. The molecule has 0 saturated carbocycles. The summed E-state index contributed by atoms with van der Waals surface area (Å²) in [6.45, 7) is 14.7. The van der Waals surface area contributed by atoms with E-state index < -0.39 is 0 Å². The minimum absolute atomic E-state index is 0.126. The molecule has 0 aromatic heterocycles. The Labute approximate surface area is 289 Å². The smallest absolute Gasteiger partial charge is 0.311 e. The van der Waals surface area contributed by atoms with E-state index in [1.807, 2.05) is 6.92 Å². The molecule has 3 aliphatic rings. The first-order valence-corrected chi connectivity index (χ1v) is 18.9. The molecule has 0 N–H and O–H groups in total. The summed E-state index contributed by atoms with van der Waals surface area (Å²) < 4.78 is 34.4. The summed E-state index contributed by atoms with van der Waals surface area (Å²) in [4.78, 5) is 44.2. The first kappa shape index (κ1) is 40.6. The Morgan fingerprint density at radius 2 is 1.27 bits per heavy atom. The van der Waals surface area contributed by atoms with Gasteiger partial charge in [-0.2, -0.15) is 0 Å². The van der Waals surface area contributed by atoms with E-state index in [0.717, 1.165) is 77.8 Å². The van der Waals surface area contributed by atoms with E-state index in [-0.39, 0.29) is 36.0 Å². The van der Waals surface area contributed by atoms with Crippen molar-refractivity contribution in [2.75, 3.05) is 105 Å². The van der Waals surface area contributed by atoms with Crippen LogP contribution in [0.5, 0.6) is 0 Å². The van der Waals surface area contributed by atoms with Crippen molar-refractivity contribution in [2.45, 2.75) is 103 Å². The normalized spacial score (nSPS) is 21.9. The van der Waals surface area contributed by atoms with Crippen LogP contribution < -0.4 is 0 Å². The lowest BCUT2D eigenvalue weighted by molar-refractivity contribution is -0.159. The maximum Gasteiger partial charge on any atom is 0.311 e. The van der Waals surface area contributed by atoms with Gasteiger partial charge >= 0.3 is 17.9 Å². The van der Waals surface area contributed by atoms with Crippen molar-refractivity contribution in [1.29, 1.82) is 0 Å². The molecule has 0 radical (unpaired) electrons. The highest BCUT2D eigenvalue weighted by molar-refractivity contribution is 5.73. The van der Waals surface area contributed by atoms with Gasteiger partial charge in [-0.3, -0.25) is 29.1 Å². The highest BCUT2D eigenvalue weighted by Crippen LogP contribution is 2.23. The van der Waals surface area contributed by atoms with Crippen LogP contribution in [0, 0.1) is 5.92 Å². The van der Waals surface area contributed by atoms with Crippen LogP contribution in [0.4, 0.5) is 0 Å². The second-order valence-electron chi connectivity index (χ2n) is 13.4. The number of rotatable bonds is 24. The molecule has 3 unspecified atom stereocenters. The van der Waals surface area contributed by atoms with Crippen molar-refractivity contribution in [1.82, 2.24) is 14.7 Å². The fraction of sp³-hybridized carbons (Fsp3) is 0.917. The summed E-state index contributed by atoms with van der Waals surface area (Å²) in [7, 11) is 0. The highest BCUT2D eigenvalue weighted by atomic mass is 16.5. The molecule has 0 amide bonds. The summed E-state index contributed by atoms with van der Waals surface area (Å²) in [5, 5.41) is 0. The zero-order chi connectivity index (χ0) is 34.2. The van der Waals surface area contributed by atoms with Crippen molar-refractivity contribution in [2.24, 2.45) is 5.92 Å². The predicted octanol–water partition coefficient (Wildman–Crippen LogP) is 3.69. The lowest BCUT2D eigenvalue weighted by atomic mass is 9.93. The van der Waals surface area contributed by atoms with Gasteiger partial charge in [-0.25, -0.2) is 0 Å². The van der Waals surface area contributed by atoms with Gasteiger partial charge in [-0.15, -0.1) is 0 Å². The van der Waals surface area contributed by atoms with Crippen molar-refractivity contribution in [3.05, 3.63) is 0 Å². The molecule has 278 valence electrons. The number of hydrogen-bond acceptors (Lipinski definition) is 12. The molecule has 0 aromatic carbocycles. The molecule has 3 heterocycles. The summed E-state index contributed by atoms with van der Waals surface area (Å²) in [5.74, 6) is -0.806. The van der Waals surface area contributed by atoms with Gasteiger partial charge in [-0.05, 0) is 25.7 Å². The largest absolute Gasteiger partial charge is 0.464 e. The number of unbranched alkanes of at least 4 members (excludes halogenated alkanes) is 5. The van der Waals surface area contributed by atoms with Gasteiger partial charge in [0.1, 0.15) is 19.8 Å². The van der Waals surface area contributed by atoms with E-state index in [1.165, 1.54) is 19.3 Å². The van der Waals surface area contributed by atoms with Gasteiger partial charge in [0.05, 0.1) is 44.6 Å². The Kier molecular flexibility index (Phi) is 21.3. The fourth-order valence-corrected chi connectivity index (χ4v) is 6.53. The van der Waals surface area contributed by atoms with E-state index in [1.54, 1.807) is 0 Å². The van der Waals surface area contributed by atoms with Crippen LogP contribution in [0.25, 0.3) is 0 Å². The zero-order valence-electron chi connectivity index (χ0n) is 30.0. The Hall–Kier alpha value is -1.83. The van der Waals surface area contributed by atoms with E-state index >= 15 is 0 Å². The summed E-state index contributed by atoms with van der Waals surface area (Å²) in [6, 6.07) is 0. The molecule has 0 spiro atoms. The van der Waals surface area contributed by atoms with E-state index in [2.05, 4.69) is 21.6 Å². The molecule has 0 aliphatic carbocycles. The maximum absolute atomic E-state index is 13.5. The number of ether oxygens (including phenoxy) is 6. The van der Waals surface area contributed by atoms with Crippen molar-refractivity contribution >= 4 is 17.9 Å². The molecular weight excluding hydrogens is 618 g/mol. The Morgan fingerprint density at radius 3 is 2.00 bits per heavy atom. The Bertz CT molecular complexity index is 889. The lowest BCUT2D eigenvalue weighted by Gasteiger charge is -2.36.